The fourth-order valence-corrected chi connectivity index (χ4v) is 3.56. The van der Waals surface area contributed by atoms with Crippen LogP contribution >= 0.6 is 11.6 Å². The second-order valence-corrected chi connectivity index (χ2v) is 8.63. The van der Waals surface area contributed by atoms with E-state index < -0.39 is 44.0 Å². The average Bonchev–Trinajstić information content (AvgIpc) is 2.73. The van der Waals surface area contributed by atoms with E-state index in [2.05, 4.69) is 20.7 Å². The second-order valence-electron chi connectivity index (χ2n) is 6.54. The number of anilines is 3. The van der Waals surface area contributed by atoms with Crippen LogP contribution in [0.15, 0.2) is 53.7 Å². The summed E-state index contributed by atoms with van der Waals surface area (Å²) >= 11 is 5.92. The van der Waals surface area contributed by atoms with E-state index in [-0.39, 0.29) is 15.6 Å². The van der Waals surface area contributed by atoms with Gasteiger partial charge >= 0.3 is 11.9 Å². The van der Waals surface area contributed by atoms with Crippen molar-refractivity contribution in [3.05, 3.63) is 75.1 Å². The Bertz CT molecular complexity index is 1300. The average molecular weight is 503 g/mol. The largest absolute Gasteiger partial charge is 0.416 e. The van der Waals surface area contributed by atoms with Crippen LogP contribution in [0.5, 0.6) is 0 Å². The van der Waals surface area contributed by atoms with Crippen LogP contribution < -0.4 is 15.6 Å². The van der Waals surface area contributed by atoms with Gasteiger partial charge in [0.1, 0.15) is 6.33 Å². The first-order chi connectivity index (χ1) is 15.4. The summed E-state index contributed by atoms with van der Waals surface area (Å²) in [5, 5.41) is 13.8. The van der Waals surface area contributed by atoms with E-state index >= 15 is 0 Å². The quantitative estimate of drug-likeness (QED) is 0.319. The number of sulfonamides is 1. The molecule has 0 saturated carbocycles. The molecule has 174 valence electrons. The molecule has 0 aliphatic carbocycles. The molecular formula is C18H14ClF3N6O4S. The second kappa shape index (κ2) is 9.17. The summed E-state index contributed by atoms with van der Waals surface area (Å²) in [5.41, 5.74) is 0.770. The number of hydrogen-bond donors (Lipinski definition) is 3. The van der Waals surface area contributed by atoms with Crippen LogP contribution in [0, 0.1) is 17.0 Å². The van der Waals surface area contributed by atoms with Crippen molar-refractivity contribution in [3.63, 3.8) is 0 Å². The molecule has 0 amide bonds. The minimum Gasteiger partial charge on any atom is -0.333 e. The number of aryl methyl sites for hydroxylation is 1. The molecule has 15 heteroatoms. The molecule has 33 heavy (non-hydrogen) atoms. The lowest BCUT2D eigenvalue weighted by Crippen LogP contribution is -2.30. The Morgan fingerprint density at radius 3 is 2.30 bits per heavy atom. The fraction of sp³-hybridized carbons (Fsp3) is 0.111. The minimum absolute atomic E-state index is 0.119. The van der Waals surface area contributed by atoms with Gasteiger partial charge in [0.15, 0.2) is 0 Å². The van der Waals surface area contributed by atoms with Gasteiger partial charge in [-0.25, -0.2) is 18.4 Å². The molecule has 3 N–H and O–H groups in total. The first-order valence-corrected chi connectivity index (χ1v) is 10.7. The van der Waals surface area contributed by atoms with Crippen LogP contribution in [0.3, 0.4) is 0 Å². The van der Waals surface area contributed by atoms with Gasteiger partial charge in [-0.15, -0.1) is 4.83 Å². The highest BCUT2D eigenvalue weighted by molar-refractivity contribution is 7.89. The third-order valence-electron chi connectivity index (χ3n) is 4.19. The normalized spacial score (nSPS) is 11.8. The van der Waals surface area contributed by atoms with Crippen molar-refractivity contribution in [2.24, 2.45) is 0 Å². The van der Waals surface area contributed by atoms with Gasteiger partial charge in [-0.3, -0.25) is 15.5 Å². The van der Waals surface area contributed by atoms with Crippen molar-refractivity contribution >= 4 is 44.6 Å². The predicted octanol–water partition coefficient (Wildman–Crippen LogP) is 4.41. The lowest BCUT2D eigenvalue weighted by Gasteiger charge is -2.13. The van der Waals surface area contributed by atoms with Crippen LogP contribution in [-0.4, -0.2) is 23.3 Å². The first kappa shape index (κ1) is 24.2. The standard InChI is InChI=1S/C18H14ClF3N6O4S/c1-10-2-5-12(6-3-10)33(31,32)27-26-17-15(28(29)30)16(23-9-24-17)25-14-8-11(18(20,21)22)4-7-13(14)19/h2-9,27H,1H3,(H2,23,24,25,26). The van der Waals surface area contributed by atoms with Crippen LogP contribution in [-0.2, 0) is 16.2 Å². The SMILES string of the molecule is Cc1ccc(S(=O)(=O)NNc2ncnc(Nc3cc(C(F)(F)F)ccc3Cl)c2[N+](=O)[O-])cc1. The van der Waals surface area contributed by atoms with Gasteiger partial charge in [-0.2, -0.15) is 13.2 Å². The van der Waals surface area contributed by atoms with E-state index in [4.69, 9.17) is 11.6 Å². The van der Waals surface area contributed by atoms with Gasteiger partial charge in [0.25, 0.3) is 10.0 Å². The number of aromatic nitrogens is 2. The zero-order valence-electron chi connectivity index (χ0n) is 16.5. The van der Waals surface area contributed by atoms with Gasteiger partial charge in [0.05, 0.1) is 26.1 Å². The third-order valence-corrected chi connectivity index (χ3v) is 5.78. The van der Waals surface area contributed by atoms with Gasteiger partial charge in [-0.1, -0.05) is 29.3 Å². The van der Waals surface area contributed by atoms with Crippen molar-refractivity contribution in [2.45, 2.75) is 18.0 Å². The molecule has 1 heterocycles. The summed E-state index contributed by atoms with van der Waals surface area (Å²) < 4.78 is 63.9. The van der Waals surface area contributed by atoms with Crippen molar-refractivity contribution in [1.29, 1.82) is 0 Å². The molecule has 0 aliphatic heterocycles. The van der Waals surface area contributed by atoms with E-state index in [9.17, 15) is 31.7 Å². The van der Waals surface area contributed by atoms with E-state index in [0.717, 1.165) is 24.0 Å². The number of halogens is 4. The van der Waals surface area contributed by atoms with Gasteiger partial charge in [0.2, 0.25) is 11.6 Å². The number of rotatable bonds is 7. The molecule has 0 saturated heterocycles. The monoisotopic (exact) mass is 502 g/mol. The fourth-order valence-electron chi connectivity index (χ4n) is 2.55. The third kappa shape index (κ3) is 5.66. The molecule has 0 bridgehead atoms. The molecule has 0 fully saturated rings. The van der Waals surface area contributed by atoms with Crippen molar-refractivity contribution in [2.75, 3.05) is 10.7 Å². The predicted molar refractivity (Wildman–Crippen MR) is 114 cm³/mol. The summed E-state index contributed by atoms with van der Waals surface area (Å²) in [7, 11) is -4.13. The smallest absolute Gasteiger partial charge is 0.333 e. The molecule has 10 nitrogen and oxygen atoms in total. The van der Waals surface area contributed by atoms with Crippen molar-refractivity contribution in [1.82, 2.24) is 14.8 Å². The summed E-state index contributed by atoms with van der Waals surface area (Å²) in [4.78, 5) is 19.9. The minimum atomic E-state index is -4.68. The Hall–Kier alpha value is -3.49. The van der Waals surface area contributed by atoms with Crippen LogP contribution in [0.2, 0.25) is 5.02 Å². The maximum atomic E-state index is 13.0. The molecule has 0 unspecified atom stereocenters. The van der Waals surface area contributed by atoms with Crippen molar-refractivity contribution < 1.29 is 26.5 Å². The molecule has 2 aromatic carbocycles. The molecule has 1 aromatic heterocycles. The van der Waals surface area contributed by atoms with E-state index in [1.165, 1.54) is 12.1 Å². The Labute approximate surface area is 190 Å². The Morgan fingerprint density at radius 1 is 1.06 bits per heavy atom. The van der Waals surface area contributed by atoms with Crippen LogP contribution in [0.4, 0.5) is 36.2 Å². The Morgan fingerprint density at radius 2 is 1.70 bits per heavy atom. The van der Waals surface area contributed by atoms with Crippen LogP contribution in [0.25, 0.3) is 0 Å². The lowest BCUT2D eigenvalue weighted by molar-refractivity contribution is -0.383. The number of nitrogens with zero attached hydrogens (tertiary/aromatic N) is 3. The summed E-state index contributed by atoms with van der Waals surface area (Å²) in [5.74, 6) is -1.08. The highest BCUT2D eigenvalue weighted by atomic mass is 35.5. The Balaban J connectivity index is 1.92. The summed E-state index contributed by atoms with van der Waals surface area (Å²) in [6.45, 7) is 1.76. The molecule has 0 aliphatic rings. The molecule has 0 radical (unpaired) electrons. The number of hydrazine groups is 1. The number of benzene rings is 2. The molecule has 0 spiro atoms. The molecule has 3 rings (SSSR count). The maximum absolute atomic E-state index is 13.0. The lowest BCUT2D eigenvalue weighted by atomic mass is 10.2. The number of hydrogen-bond acceptors (Lipinski definition) is 8. The summed E-state index contributed by atoms with van der Waals surface area (Å²) in [6.07, 6.45) is -3.83. The van der Waals surface area contributed by atoms with E-state index in [1.54, 1.807) is 19.1 Å². The molecule has 0 atom stereocenters. The first-order valence-electron chi connectivity index (χ1n) is 8.86. The number of alkyl halides is 3. The van der Waals surface area contributed by atoms with E-state index in [1.807, 2.05) is 4.83 Å². The Kier molecular flexibility index (Phi) is 6.71. The van der Waals surface area contributed by atoms with Crippen LogP contribution in [0.1, 0.15) is 11.1 Å². The van der Waals surface area contributed by atoms with Gasteiger partial charge in [-0.05, 0) is 37.3 Å². The molecular weight excluding hydrogens is 489 g/mol. The number of nitrogens with one attached hydrogen (secondary N) is 3. The maximum Gasteiger partial charge on any atom is 0.416 e. The zero-order valence-corrected chi connectivity index (χ0v) is 18.1. The summed E-state index contributed by atoms with van der Waals surface area (Å²) in [6, 6.07) is 8.14. The van der Waals surface area contributed by atoms with Gasteiger partial charge < -0.3 is 5.32 Å². The van der Waals surface area contributed by atoms with E-state index in [0.29, 0.717) is 6.07 Å². The topological polar surface area (TPSA) is 139 Å². The number of nitro groups is 1. The highest BCUT2D eigenvalue weighted by Gasteiger charge is 2.32. The zero-order chi connectivity index (χ0) is 24.4. The van der Waals surface area contributed by atoms with Gasteiger partial charge in [0, 0.05) is 0 Å². The molecule has 3 aromatic rings. The highest BCUT2D eigenvalue weighted by Crippen LogP contribution is 2.37. The van der Waals surface area contributed by atoms with Crippen molar-refractivity contribution in [3.8, 4) is 0 Å².